The first-order valence-corrected chi connectivity index (χ1v) is 12.4. The van der Waals surface area contributed by atoms with Crippen LogP contribution in [0.4, 0.5) is 10.6 Å². The molecule has 38 heavy (non-hydrogen) atoms. The van der Waals surface area contributed by atoms with Gasteiger partial charge in [-0.05, 0) is 66.5 Å². The lowest BCUT2D eigenvalue weighted by atomic mass is 10.0. The van der Waals surface area contributed by atoms with Crippen molar-refractivity contribution in [2.75, 3.05) is 31.7 Å². The Bertz CT molecular complexity index is 913. The number of hydrogen-bond donors (Lipinski definition) is 1. The maximum atomic E-state index is 12.0. The fraction of sp³-hybridized carbons (Fsp3) is 0.600. The van der Waals surface area contributed by atoms with Gasteiger partial charge in [0.1, 0.15) is 12.0 Å². The molecule has 0 radical (unpaired) electrons. The van der Waals surface area contributed by atoms with Crippen LogP contribution in [0.3, 0.4) is 0 Å². The summed E-state index contributed by atoms with van der Waals surface area (Å²) < 4.78 is 24.0. The van der Waals surface area contributed by atoms with Gasteiger partial charge in [0, 0.05) is 6.20 Å². The third-order valence-electron chi connectivity index (χ3n) is 4.00. The first-order chi connectivity index (χ1) is 17.8. The molecule has 1 rings (SSSR count). The van der Waals surface area contributed by atoms with Gasteiger partial charge in [0.2, 0.25) is 0 Å². The summed E-state index contributed by atoms with van der Waals surface area (Å²) in [5.74, 6) is -3.44. The number of amides is 1. The fourth-order valence-electron chi connectivity index (χ4n) is 2.61. The Labute approximate surface area is 227 Å². The number of halogens is 1. The second-order valence-electron chi connectivity index (χ2n) is 8.35. The van der Waals surface area contributed by atoms with Gasteiger partial charge in [-0.1, -0.05) is 11.6 Å². The highest BCUT2D eigenvalue weighted by atomic mass is 35.5. The Balaban J connectivity index is 0.00000105. The van der Waals surface area contributed by atoms with E-state index in [0.717, 1.165) is 0 Å². The van der Waals surface area contributed by atoms with Crippen molar-refractivity contribution in [3.8, 4) is 0 Å². The molecule has 1 amide bonds. The number of esters is 4. The van der Waals surface area contributed by atoms with Crippen molar-refractivity contribution < 1.29 is 47.7 Å². The van der Waals surface area contributed by atoms with Gasteiger partial charge in [0.25, 0.3) is 0 Å². The molecule has 0 aromatic carbocycles. The molecule has 0 atom stereocenters. The normalized spacial score (nSPS) is 10.4. The summed E-state index contributed by atoms with van der Waals surface area (Å²) in [6.45, 7) is 12.7. The second-order valence-corrected chi connectivity index (χ2v) is 8.76. The molecule has 0 aliphatic carbocycles. The lowest BCUT2D eigenvalue weighted by molar-refractivity contribution is -0.161. The minimum Gasteiger partial charge on any atom is -0.466 e. The van der Waals surface area contributed by atoms with E-state index in [-0.39, 0.29) is 50.1 Å². The number of carbonyl (C=O) groups is 5. The fourth-order valence-corrected chi connectivity index (χ4v) is 2.84. The monoisotopic (exact) mass is 560 g/mol. The Kier molecular flexibility index (Phi) is 16.3. The van der Waals surface area contributed by atoms with Crippen molar-refractivity contribution in [2.45, 2.75) is 66.9 Å². The van der Waals surface area contributed by atoms with Crippen LogP contribution in [0.2, 0.25) is 5.02 Å². The molecular formula is C25H37ClN2O10. The number of hydrogen-bond acceptors (Lipinski definition) is 11. The summed E-state index contributed by atoms with van der Waals surface area (Å²) in [4.78, 5) is 61.2. The molecule has 0 aliphatic heterocycles. The molecule has 0 aliphatic rings. The van der Waals surface area contributed by atoms with Crippen molar-refractivity contribution in [1.82, 2.24) is 4.98 Å². The smallest absolute Gasteiger partial charge is 0.413 e. The SMILES string of the molecule is CCOC(=O)C(Cc1cnc(NC(=O)OC(C)(C)C)c(Cl)c1)C(=O)OCC.CCOC(=O)CC(=O)OCC. The van der Waals surface area contributed by atoms with Crippen molar-refractivity contribution in [3.63, 3.8) is 0 Å². The number of rotatable bonds is 11. The molecule has 1 heterocycles. The maximum absolute atomic E-state index is 12.0. The van der Waals surface area contributed by atoms with Gasteiger partial charge in [-0.15, -0.1) is 0 Å². The zero-order valence-corrected chi connectivity index (χ0v) is 23.6. The topological polar surface area (TPSA) is 156 Å². The van der Waals surface area contributed by atoms with Gasteiger partial charge in [-0.25, -0.2) is 9.78 Å². The van der Waals surface area contributed by atoms with Gasteiger partial charge in [0.05, 0.1) is 31.5 Å². The lowest BCUT2D eigenvalue weighted by Crippen LogP contribution is -2.30. The van der Waals surface area contributed by atoms with E-state index in [1.807, 2.05) is 0 Å². The predicted molar refractivity (Wildman–Crippen MR) is 137 cm³/mol. The van der Waals surface area contributed by atoms with Gasteiger partial charge < -0.3 is 23.7 Å². The zero-order chi connectivity index (χ0) is 29.3. The summed E-state index contributed by atoms with van der Waals surface area (Å²) >= 11 is 6.14. The molecule has 12 nitrogen and oxygen atoms in total. The molecule has 0 bridgehead atoms. The summed E-state index contributed by atoms with van der Waals surface area (Å²) in [6.07, 6.45) is 0.434. The Morgan fingerprint density at radius 2 is 1.34 bits per heavy atom. The minimum absolute atomic E-state index is 0.0110. The standard InChI is InChI=1S/C18H25ClN2O6.C7H12O4/c1-6-25-15(22)12(16(23)26-7-2)8-11-9-13(19)14(20-10-11)21-17(24)27-18(3,4)5;1-3-10-6(8)5-7(9)11-4-2/h9-10,12H,6-8H2,1-5H3,(H,20,21,24);3-5H2,1-2H3. The molecule has 1 aromatic heterocycles. The Morgan fingerprint density at radius 3 is 1.74 bits per heavy atom. The molecule has 13 heteroatoms. The van der Waals surface area contributed by atoms with Crippen LogP contribution in [-0.4, -0.2) is 67.0 Å². The van der Waals surface area contributed by atoms with Crippen LogP contribution in [0.5, 0.6) is 0 Å². The molecular weight excluding hydrogens is 524 g/mol. The van der Waals surface area contributed by atoms with Crippen LogP contribution in [0.25, 0.3) is 0 Å². The van der Waals surface area contributed by atoms with Crippen LogP contribution in [-0.2, 0) is 49.3 Å². The van der Waals surface area contributed by atoms with E-state index in [1.165, 1.54) is 12.3 Å². The first kappa shape index (κ1) is 34.6. The van der Waals surface area contributed by atoms with E-state index in [4.69, 9.17) is 25.8 Å². The van der Waals surface area contributed by atoms with E-state index in [2.05, 4.69) is 19.8 Å². The number of pyridine rings is 1. The molecule has 1 aromatic rings. The summed E-state index contributed by atoms with van der Waals surface area (Å²) in [6, 6.07) is 1.51. The number of nitrogens with one attached hydrogen (secondary N) is 1. The first-order valence-electron chi connectivity index (χ1n) is 12.1. The predicted octanol–water partition coefficient (Wildman–Crippen LogP) is 3.87. The van der Waals surface area contributed by atoms with Crippen LogP contribution >= 0.6 is 11.6 Å². The van der Waals surface area contributed by atoms with Crippen LogP contribution < -0.4 is 5.32 Å². The third-order valence-corrected chi connectivity index (χ3v) is 4.29. The highest BCUT2D eigenvalue weighted by molar-refractivity contribution is 6.33. The quantitative estimate of drug-likeness (QED) is 0.238. The van der Waals surface area contributed by atoms with E-state index in [0.29, 0.717) is 5.56 Å². The Hall–Kier alpha value is -3.41. The van der Waals surface area contributed by atoms with Gasteiger partial charge in [-0.3, -0.25) is 24.5 Å². The van der Waals surface area contributed by atoms with E-state index < -0.39 is 41.5 Å². The van der Waals surface area contributed by atoms with Gasteiger partial charge in [0.15, 0.2) is 11.7 Å². The molecule has 0 unspecified atom stereocenters. The third kappa shape index (κ3) is 15.0. The highest BCUT2D eigenvalue weighted by Gasteiger charge is 2.30. The van der Waals surface area contributed by atoms with E-state index in [9.17, 15) is 24.0 Å². The minimum atomic E-state index is -1.12. The second kappa shape index (κ2) is 17.9. The molecule has 214 valence electrons. The average molecular weight is 561 g/mol. The van der Waals surface area contributed by atoms with Crippen molar-refractivity contribution in [1.29, 1.82) is 0 Å². The average Bonchev–Trinajstić information content (AvgIpc) is 2.79. The van der Waals surface area contributed by atoms with Crippen molar-refractivity contribution in [3.05, 3.63) is 22.8 Å². The summed E-state index contributed by atoms with van der Waals surface area (Å²) in [7, 11) is 0. The largest absolute Gasteiger partial charge is 0.466 e. The van der Waals surface area contributed by atoms with Crippen molar-refractivity contribution in [2.24, 2.45) is 5.92 Å². The highest BCUT2D eigenvalue weighted by Crippen LogP contribution is 2.23. The number of ether oxygens (including phenoxy) is 5. The molecule has 1 N–H and O–H groups in total. The lowest BCUT2D eigenvalue weighted by Gasteiger charge is -2.19. The molecule has 0 fully saturated rings. The Morgan fingerprint density at radius 1 is 0.868 bits per heavy atom. The summed E-state index contributed by atoms with van der Waals surface area (Å²) in [5.41, 5.74) is -0.149. The van der Waals surface area contributed by atoms with Crippen LogP contribution in [0, 0.1) is 5.92 Å². The number of carbonyl (C=O) groups excluding carboxylic acids is 5. The van der Waals surface area contributed by atoms with Gasteiger partial charge in [-0.2, -0.15) is 0 Å². The van der Waals surface area contributed by atoms with Crippen molar-refractivity contribution >= 4 is 47.4 Å². The van der Waals surface area contributed by atoms with Crippen LogP contribution in [0.15, 0.2) is 12.3 Å². The number of aromatic nitrogens is 1. The molecule has 0 saturated heterocycles. The van der Waals surface area contributed by atoms with E-state index in [1.54, 1.807) is 48.5 Å². The van der Waals surface area contributed by atoms with E-state index >= 15 is 0 Å². The molecule has 0 saturated carbocycles. The number of anilines is 1. The molecule has 0 spiro atoms. The zero-order valence-electron chi connectivity index (χ0n) is 22.9. The summed E-state index contributed by atoms with van der Waals surface area (Å²) in [5, 5.41) is 2.59. The van der Waals surface area contributed by atoms with Gasteiger partial charge >= 0.3 is 30.0 Å². The van der Waals surface area contributed by atoms with Crippen LogP contribution in [0.1, 0.15) is 60.5 Å². The maximum Gasteiger partial charge on any atom is 0.413 e. The number of nitrogens with zero attached hydrogens (tertiary/aromatic N) is 1.